The van der Waals surface area contributed by atoms with E-state index < -0.39 is 0 Å². The van der Waals surface area contributed by atoms with E-state index in [1.807, 2.05) is 12.1 Å². The fourth-order valence-corrected chi connectivity index (χ4v) is 5.49. The van der Waals surface area contributed by atoms with Crippen molar-refractivity contribution in [1.82, 2.24) is 24.4 Å². The molecule has 2 aliphatic rings. The molecule has 1 amide bonds. The van der Waals surface area contributed by atoms with Crippen LogP contribution in [0, 0.1) is 0 Å². The van der Waals surface area contributed by atoms with Gasteiger partial charge in [0.2, 0.25) is 0 Å². The number of allylic oxidation sites excluding steroid dienone is 1. The van der Waals surface area contributed by atoms with Gasteiger partial charge in [0.15, 0.2) is 5.65 Å². The third-order valence-corrected chi connectivity index (χ3v) is 7.41. The van der Waals surface area contributed by atoms with Gasteiger partial charge in [-0.05, 0) is 56.7 Å². The number of hydrogen-bond acceptors (Lipinski definition) is 5. The molecule has 1 aromatic carbocycles. The smallest absolute Gasteiger partial charge is 0.279 e. The zero-order valence-corrected chi connectivity index (χ0v) is 21.3. The van der Waals surface area contributed by atoms with Gasteiger partial charge >= 0.3 is 0 Å². The quantitative estimate of drug-likeness (QED) is 0.488. The fourth-order valence-electron chi connectivity index (χ4n) is 5.49. The Bertz CT molecular complexity index is 1340. The van der Waals surface area contributed by atoms with Gasteiger partial charge in [-0.1, -0.05) is 23.8 Å². The number of methoxy groups -OCH3 is 1. The second-order valence-corrected chi connectivity index (χ2v) is 9.69. The van der Waals surface area contributed by atoms with Crippen molar-refractivity contribution in [2.75, 3.05) is 20.2 Å². The van der Waals surface area contributed by atoms with Crippen LogP contribution in [0.1, 0.15) is 66.2 Å². The van der Waals surface area contributed by atoms with E-state index in [-0.39, 0.29) is 11.5 Å². The molecule has 2 aromatic heterocycles. The Morgan fingerprint density at radius 3 is 2.72 bits per heavy atom. The summed E-state index contributed by atoms with van der Waals surface area (Å²) < 4.78 is 8.78. The van der Waals surface area contributed by atoms with Crippen LogP contribution in [0.4, 0.5) is 0 Å². The number of benzene rings is 1. The van der Waals surface area contributed by atoms with Crippen LogP contribution in [0.3, 0.4) is 0 Å². The minimum Gasteiger partial charge on any atom is -0.497 e. The van der Waals surface area contributed by atoms with Crippen molar-refractivity contribution in [2.24, 2.45) is 0 Å². The minimum atomic E-state index is -0.167. The Morgan fingerprint density at radius 1 is 1.17 bits per heavy atom. The normalized spacial score (nSPS) is 16.0. The molecule has 0 radical (unpaired) electrons. The van der Waals surface area contributed by atoms with Crippen molar-refractivity contribution in [3.05, 3.63) is 74.8 Å². The number of amides is 1. The van der Waals surface area contributed by atoms with E-state index in [4.69, 9.17) is 4.74 Å². The van der Waals surface area contributed by atoms with Crippen LogP contribution in [0.2, 0.25) is 0 Å². The van der Waals surface area contributed by atoms with Crippen LogP contribution >= 0.6 is 0 Å². The molecular weight excluding hydrogens is 454 g/mol. The number of nitrogens with one attached hydrogen (secondary N) is 1. The first-order valence-corrected chi connectivity index (χ1v) is 13.0. The lowest BCUT2D eigenvalue weighted by atomic mass is 9.97. The van der Waals surface area contributed by atoms with Crippen LogP contribution in [-0.2, 0) is 26.1 Å². The van der Waals surface area contributed by atoms with Crippen LogP contribution in [-0.4, -0.2) is 45.2 Å². The van der Waals surface area contributed by atoms with Gasteiger partial charge < -0.3 is 14.6 Å². The molecule has 3 aromatic rings. The fraction of sp³-hybridized carbons (Fsp3) is 0.464. The van der Waals surface area contributed by atoms with Gasteiger partial charge in [-0.25, -0.2) is 0 Å². The highest BCUT2D eigenvalue weighted by molar-refractivity contribution is 5.99. The van der Waals surface area contributed by atoms with Gasteiger partial charge in [0.1, 0.15) is 11.3 Å². The standard InChI is InChI=1S/C28H35N5O3/c1-3-32-25-14-16-31(18-21-9-11-22(36-2)12-10-21)19-24(25)28(35)33-27(32)23(17-30-33)26(34)29-15-13-20-7-5-4-6-8-20/h7,9-12,17H,3-6,8,13-16,18-19H2,1-2H3,(H,29,34). The van der Waals surface area contributed by atoms with Gasteiger partial charge in [0.25, 0.3) is 11.5 Å². The third-order valence-electron chi connectivity index (χ3n) is 7.41. The number of aromatic nitrogens is 3. The summed E-state index contributed by atoms with van der Waals surface area (Å²) in [6, 6.07) is 8.04. The summed E-state index contributed by atoms with van der Waals surface area (Å²) in [6.07, 6.45) is 10.3. The molecule has 190 valence electrons. The van der Waals surface area contributed by atoms with Gasteiger partial charge in [-0.3, -0.25) is 14.5 Å². The van der Waals surface area contributed by atoms with Crippen molar-refractivity contribution in [3.8, 4) is 5.75 Å². The van der Waals surface area contributed by atoms with E-state index in [1.165, 1.54) is 28.5 Å². The van der Waals surface area contributed by atoms with Crippen LogP contribution in [0.15, 0.2) is 46.9 Å². The molecule has 0 saturated carbocycles. The van der Waals surface area contributed by atoms with Gasteiger partial charge in [-0.15, -0.1) is 0 Å². The lowest BCUT2D eigenvalue weighted by Gasteiger charge is -2.30. The first kappa shape index (κ1) is 24.3. The van der Waals surface area contributed by atoms with Crippen LogP contribution in [0.5, 0.6) is 5.75 Å². The topological polar surface area (TPSA) is 80.9 Å². The highest BCUT2D eigenvalue weighted by Gasteiger charge is 2.27. The molecule has 5 rings (SSSR count). The molecule has 8 heteroatoms. The summed E-state index contributed by atoms with van der Waals surface area (Å²) in [5.41, 5.74) is 5.33. The molecule has 1 aliphatic carbocycles. The molecule has 0 spiro atoms. The molecule has 0 fully saturated rings. The highest BCUT2D eigenvalue weighted by atomic mass is 16.5. The van der Waals surface area contributed by atoms with Gasteiger partial charge in [-0.2, -0.15) is 9.61 Å². The third kappa shape index (κ3) is 4.82. The van der Waals surface area contributed by atoms with E-state index in [0.29, 0.717) is 30.8 Å². The average molecular weight is 490 g/mol. The summed E-state index contributed by atoms with van der Waals surface area (Å²) >= 11 is 0. The van der Waals surface area contributed by atoms with Crippen molar-refractivity contribution < 1.29 is 9.53 Å². The van der Waals surface area contributed by atoms with E-state index >= 15 is 0 Å². The molecule has 0 unspecified atom stereocenters. The maximum absolute atomic E-state index is 13.5. The lowest BCUT2D eigenvalue weighted by molar-refractivity contribution is 0.0955. The van der Waals surface area contributed by atoms with Crippen molar-refractivity contribution >= 4 is 11.6 Å². The largest absolute Gasteiger partial charge is 0.497 e. The van der Waals surface area contributed by atoms with E-state index in [1.54, 1.807) is 13.3 Å². The zero-order valence-electron chi connectivity index (χ0n) is 21.3. The predicted molar refractivity (Wildman–Crippen MR) is 139 cm³/mol. The molecular formula is C28H35N5O3. The molecule has 0 atom stereocenters. The predicted octanol–water partition coefficient (Wildman–Crippen LogP) is 3.70. The van der Waals surface area contributed by atoms with Crippen LogP contribution < -0.4 is 15.6 Å². The van der Waals surface area contributed by atoms with E-state index in [2.05, 4.69) is 45.0 Å². The summed E-state index contributed by atoms with van der Waals surface area (Å²) in [5.74, 6) is 0.667. The molecule has 0 bridgehead atoms. The van der Waals surface area contributed by atoms with Gasteiger partial charge in [0.05, 0.1) is 18.9 Å². The second kappa shape index (κ2) is 10.7. The number of aryl methyl sites for hydroxylation is 1. The Labute approximate surface area is 211 Å². The molecule has 36 heavy (non-hydrogen) atoms. The minimum absolute atomic E-state index is 0.129. The Kier molecular flexibility index (Phi) is 7.23. The molecule has 3 heterocycles. The number of carbonyl (C=O) groups excluding carboxylic acids is 1. The Morgan fingerprint density at radius 2 is 2.00 bits per heavy atom. The number of ether oxygens (including phenoxy) is 1. The average Bonchev–Trinajstić information content (AvgIpc) is 3.36. The maximum Gasteiger partial charge on any atom is 0.279 e. The number of carbonyl (C=O) groups is 1. The maximum atomic E-state index is 13.5. The SMILES string of the molecule is CCn1c2c(c(=O)n3ncc(C(=O)NCCC4=CCCCC4)c13)CN(Cc1ccc(OC)cc1)CC2. The zero-order chi connectivity index (χ0) is 25.1. The van der Waals surface area contributed by atoms with Crippen molar-refractivity contribution in [1.29, 1.82) is 0 Å². The monoisotopic (exact) mass is 489 g/mol. The summed E-state index contributed by atoms with van der Waals surface area (Å²) in [7, 11) is 1.66. The summed E-state index contributed by atoms with van der Waals surface area (Å²) in [6.45, 7) is 5.49. The van der Waals surface area contributed by atoms with Gasteiger partial charge in [0, 0.05) is 44.8 Å². The molecule has 8 nitrogen and oxygen atoms in total. The van der Waals surface area contributed by atoms with E-state index in [0.717, 1.165) is 55.8 Å². The molecule has 1 N–H and O–H groups in total. The summed E-state index contributed by atoms with van der Waals surface area (Å²) in [4.78, 5) is 28.9. The number of rotatable bonds is 8. The highest BCUT2D eigenvalue weighted by Crippen LogP contribution is 2.23. The molecule has 1 aliphatic heterocycles. The van der Waals surface area contributed by atoms with E-state index in [9.17, 15) is 9.59 Å². The van der Waals surface area contributed by atoms with Crippen LogP contribution in [0.25, 0.3) is 5.65 Å². The Hall–Kier alpha value is -3.39. The first-order valence-electron chi connectivity index (χ1n) is 13.0. The Balaban J connectivity index is 1.36. The lowest BCUT2D eigenvalue weighted by Crippen LogP contribution is -2.38. The number of hydrogen-bond donors (Lipinski definition) is 1. The second-order valence-electron chi connectivity index (χ2n) is 9.69. The first-order chi connectivity index (χ1) is 17.6. The summed E-state index contributed by atoms with van der Waals surface area (Å²) in [5, 5.41) is 7.41. The molecule has 0 saturated heterocycles. The number of fused-ring (bicyclic) bond motifs is 2. The van der Waals surface area contributed by atoms with Crippen molar-refractivity contribution in [2.45, 2.75) is 65.1 Å². The van der Waals surface area contributed by atoms with Crippen molar-refractivity contribution in [3.63, 3.8) is 0 Å². The number of nitrogens with zero attached hydrogens (tertiary/aromatic N) is 4.